The van der Waals surface area contributed by atoms with Crippen LogP contribution in [0, 0.1) is 6.92 Å². The zero-order valence-electron chi connectivity index (χ0n) is 12.6. The Morgan fingerprint density at radius 3 is 2.81 bits per heavy atom. The summed E-state index contributed by atoms with van der Waals surface area (Å²) in [6, 6.07) is 5.46. The second-order valence-electron chi connectivity index (χ2n) is 4.74. The summed E-state index contributed by atoms with van der Waals surface area (Å²) in [6.45, 7) is 4.79. The van der Waals surface area contributed by atoms with E-state index in [4.69, 9.17) is 27.4 Å². The molecule has 1 aromatic rings. The van der Waals surface area contributed by atoms with Gasteiger partial charge in [0, 0.05) is 25.8 Å². The maximum absolute atomic E-state index is 11.9. The zero-order chi connectivity index (χ0) is 15.8. The highest BCUT2D eigenvalue weighted by Crippen LogP contribution is 2.21. The van der Waals surface area contributed by atoms with E-state index in [1.807, 2.05) is 19.1 Å². The van der Waals surface area contributed by atoms with Gasteiger partial charge in [0.15, 0.2) is 6.10 Å². The van der Waals surface area contributed by atoms with Gasteiger partial charge in [-0.05, 0) is 31.9 Å². The first-order valence-corrected chi connectivity index (χ1v) is 7.20. The Kier molecular flexibility index (Phi) is 7.11. The third kappa shape index (κ3) is 5.69. The number of rotatable bonds is 8. The summed E-state index contributed by atoms with van der Waals surface area (Å²) in [5.41, 5.74) is 7.25. The number of methoxy groups -OCH3 is 1. The monoisotopic (exact) mass is 310 g/mol. The van der Waals surface area contributed by atoms with Crippen molar-refractivity contribution in [1.29, 1.82) is 0 Å². The molecule has 21 heavy (non-hydrogen) atoms. The molecule has 1 atom stereocenters. The van der Waals surface area contributed by atoms with Crippen molar-refractivity contribution in [3.8, 4) is 5.75 Å². The lowest BCUT2D eigenvalue weighted by molar-refractivity contribution is -0.127. The highest BCUT2D eigenvalue weighted by molar-refractivity contribution is 7.80. The summed E-state index contributed by atoms with van der Waals surface area (Å²) in [7, 11) is 1.63. The first kappa shape index (κ1) is 17.4. The molecule has 0 aliphatic rings. The molecule has 5 nitrogen and oxygen atoms in total. The Morgan fingerprint density at radius 1 is 1.48 bits per heavy atom. The number of ether oxygens (including phenoxy) is 2. The smallest absolute Gasteiger partial charge is 0.260 e. The van der Waals surface area contributed by atoms with Crippen LogP contribution in [0.3, 0.4) is 0 Å². The third-order valence-electron chi connectivity index (χ3n) is 2.97. The van der Waals surface area contributed by atoms with Crippen LogP contribution in [0.25, 0.3) is 0 Å². The van der Waals surface area contributed by atoms with Crippen molar-refractivity contribution in [2.75, 3.05) is 20.3 Å². The maximum atomic E-state index is 11.9. The Labute approximate surface area is 130 Å². The van der Waals surface area contributed by atoms with E-state index >= 15 is 0 Å². The van der Waals surface area contributed by atoms with Crippen LogP contribution in [0.5, 0.6) is 5.75 Å². The molecule has 0 radical (unpaired) electrons. The second kappa shape index (κ2) is 8.59. The van der Waals surface area contributed by atoms with E-state index in [1.165, 1.54) is 0 Å². The minimum atomic E-state index is -0.590. The van der Waals surface area contributed by atoms with Crippen molar-refractivity contribution in [3.05, 3.63) is 29.3 Å². The second-order valence-corrected chi connectivity index (χ2v) is 5.18. The summed E-state index contributed by atoms with van der Waals surface area (Å²) in [5.74, 6) is 0.450. The molecule has 3 N–H and O–H groups in total. The average Bonchev–Trinajstić information content (AvgIpc) is 2.45. The van der Waals surface area contributed by atoms with Crippen LogP contribution in [0.15, 0.2) is 18.2 Å². The maximum Gasteiger partial charge on any atom is 0.260 e. The Hall–Kier alpha value is -1.66. The Morgan fingerprint density at radius 2 is 2.19 bits per heavy atom. The molecule has 0 spiro atoms. The molecule has 1 rings (SSSR count). The number of carbonyl (C=O) groups excluding carboxylic acids is 1. The molecule has 0 aromatic heterocycles. The Balaban J connectivity index is 2.61. The van der Waals surface area contributed by atoms with Gasteiger partial charge in [0.25, 0.3) is 5.91 Å². The number of hydrogen-bond donors (Lipinski definition) is 2. The molecule has 0 bridgehead atoms. The van der Waals surface area contributed by atoms with Gasteiger partial charge >= 0.3 is 0 Å². The van der Waals surface area contributed by atoms with E-state index < -0.39 is 6.10 Å². The van der Waals surface area contributed by atoms with Crippen molar-refractivity contribution in [3.63, 3.8) is 0 Å². The highest BCUT2D eigenvalue weighted by Gasteiger charge is 2.15. The lowest BCUT2D eigenvalue weighted by atomic mass is 10.1. The minimum absolute atomic E-state index is 0.161. The van der Waals surface area contributed by atoms with Gasteiger partial charge in [-0.1, -0.05) is 24.4 Å². The topological polar surface area (TPSA) is 73.6 Å². The standard InChI is InChI=1S/C15H22N2O3S/c1-10-5-6-12(14(16)21)9-13(10)20-11(2)15(18)17-7-4-8-19-3/h5-6,9,11H,4,7-8H2,1-3H3,(H2,16,21)(H,17,18). The van der Waals surface area contributed by atoms with Crippen molar-refractivity contribution in [1.82, 2.24) is 5.32 Å². The van der Waals surface area contributed by atoms with E-state index in [0.29, 0.717) is 23.9 Å². The van der Waals surface area contributed by atoms with Crippen LogP contribution < -0.4 is 15.8 Å². The van der Waals surface area contributed by atoms with Gasteiger partial charge in [-0.3, -0.25) is 4.79 Å². The van der Waals surface area contributed by atoms with Gasteiger partial charge in [0.1, 0.15) is 10.7 Å². The molecule has 1 unspecified atom stereocenters. The van der Waals surface area contributed by atoms with E-state index in [9.17, 15) is 4.79 Å². The van der Waals surface area contributed by atoms with E-state index in [2.05, 4.69) is 5.32 Å². The molecule has 0 saturated carbocycles. The number of amides is 1. The SMILES string of the molecule is COCCCNC(=O)C(C)Oc1cc(C(N)=S)ccc1C. The molecule has 0 fully saturated rings. The number of carbonyl (C=O) groups is 1. The zero-order valence-corrected chi connectivity index (χ0v) is 13.5. The molecule has 6 heteroatoms. The van der Waals surface area contributed by atoms with Crippen molar-refractivity contribution >= 4 is 23.1 Å². The lowest BCUT2D eigenvalue weighted by Crippen LogP contribution is -2.37. The van der Waals surface area contributed by atoms with Crippen molar-refractivity contribution in [2.24, 2.45) is 5.73 Å². The summed E-state index contributed by atoms with van der Waals surface area (Å²) in [6.07, 6.45) is 0.179. The van der Waals surface area contributed by atoms with Crippen LogP contribution in [-0.2, 0) is 9.53 Å². The van der Waals surface area contributed by atoms with E-state index in [0.717, 1.165) is 17.5 Å². The minimum Gasteiger partial charge on any atom is -0.481 e. The first-order valence-electron chi connectivity index (χ1n) is 6.79. The van der Waals surface area contributed by atoms with Crippen LogP contribution in [0.4, 0.5) is 0 Å². The van der Waals surface area contributed by atoms with Crippen molar-refractivity contribution < 1.29 is 14.3 Å². The summed E-state index contributed by atoms with van der Waals surface area (Å²) < 4.78 is 10.6. The molecule has 0 saturated heterocycles. The third-order valence-corrected chi connectivity index (χ3v) is 3.21. The molecular weight excluding hydrogens is 288 g/mol. The number of hydrogen-bond acceptors (Lipinski definition) is 4. The highest BCUT2D eigenvalue weighted by atomic mass is 32.1. The fourth-order valence-corrected chi connectivity index (χ4v) is 1.82. The van der Waals surface area contributed by atoms with Crippen LogP contribution in [0.1, 0.15) is 24.5 Å². The lowest BCUT2D eigenvalue weighted by Gasteiger charge is -2.17. The van der Waals surface area contributed by atoms with E-state index in [1.54, 1.807) is 20.1 Å². The fraction of sp³-hybridized carbons (Fsp3) is 0.467. The van der Waals surface area contributed by atoms with Gasteiger partial charge in [-0.25, -0.2) is 0 Å². The first-order chi connectivity index (χ1) is 9.95. The van der Waals surface area contributed by atoms with Gasteiger partial charge in [-0.2, -0.15) is 0 Å². The van der Waals surface area contributed by atoms with Gasteiger partial charge in [0.05, 0.1) is 0 Å². The van der Waals surface area contributed by atoms with Crippen LogP contribution in [-0.4, -0.2) is 37.3 Å². The van der Waals surface area contributed by atoms with Gasteiger partial charge < -0.3 is 20.5 Å². The molecule has 116 valence electrons. The predicted molar refractivity (Wildman–Crippen MR) is 86.7 cm³/mol. The van der Waals surface area contributed by atoms with Crippen LogP contribution in [0.2, 0.25) is 0 Å². The van der Waals surface area contributed by atoms with Crippen LogP contribution >= 0.6 is 12.2 Å². The number of benzene rings is 1. The van der Waals surface area contributed by atoms with E-state index in [-0.39, 0.29) is 5.91 Å². The molecule has 0 heterocycles. The molecule has 1 amide bonds. The van der Waals surface area contributed by atoms with Gasteiger partial charge in [-0.15, -0.1) is 0 Å². The predicted octanol–water partition coefficient (Wildman–Crippen LogP) is 1.55. The molecular formula is C15H22N2O3S. The molecule has 0 aliphatic carbocycles. The number of thiocarbonyl (C=S) groups is 1. The summed E-state index contributed by atoms with van der Waals surface area (Å²) >= 11 is 4.94. The average molecular weight is 310 g/mol. The Bertz CT molecular complexity index is 506. The molecule has 0 aliphatic heterocycles. The summed E-state index contributed by atoms with van der Waals surface area (Å²) in [4.78, 5) is 12.2. The van der Waals surface area contributed by atoms with Crippen molar-refractivity contribution in [2.45, 2.75) is 26.4 Å². The normalized spacial score (nSPS) is 11.8. The largest absolute Gasteiger partial charge is 0.481 e. The number of nitrogens with two attached hydrogens (primary N) is 1. The fourth-order valence-electron chi connectivity index (χ4n) is 1.70. The van der Waals surface area contributed by atoms with Gasteiger partial charge in [0.2, 0.25) is 0 Å². The number of aryl methyl sites for hydroxylation is 1. The molecule has 1 aromatic carbocycles. The summed E-state index contributed by atoms with van der Waals surface area (Å²) in [5, 5.41) is 2.80. The number of nitrogens with one attached hydrogen (secondary N) is 1. The quantitative estimate of drug-likeness (QED) is 0.563.